The number of aromatic hydroxyl groups is 1. The third-order valence-corrected chi connectivity index (χ3v) is 3.08. The zero-order valence-electron chi connectivity index (χ0n) is 10.6. The van der Waals surface area contributed by atoms with Crippen molar-refractivity contribution in [2.24, 2.45) is 0 Å². The summed E-state index contributed by atoms with van der Waals surface area (Å²) in [5.74, 6) is 0.450. The number of ether oxygens (including phenoxy) is 1. The first kappa shape index (κ1) is 14.0. The summed E-state index contributed by atoms with van der Waals surface area (Å²) >= 11 is 5.15. The predicted molar refractivity (Wildman–Crippen MR) is 77.4 cm³/mol. The van der Waals surface area contributed by atoms with Gasteiger partial charge in [0.25, 0.3) is 0 Å². The van der Waals surface area contributed by atoms with Crippen LogP contribution in [0.1, 0.15) is 0 Å². The smallest absolute Gasteiger partial charge is 0.174 e. The molecule has 0 unspecified atom stereocenters. The van der Waals surface area contributed by atoms with E-state index in [2.05, 4.69) is 20.5 Å². The molecule has 0 spiro atoms. The number of thiocarbonyl (C=S) groups is 1. The van der Waals surface area contributed by atoms with Crippen molar-refractivity contribution in [3.63, 3.8) is 0 Å². The summed E-state index contributed by atoms with van der Waals surface area (Å²) in [6, 6.07) is 3.22. The van der Waals surface area contributed by atoms with Gasteiger partial charge >= 0.3 is 0 Å². The number of nitrogens with one attached hydrogen (secondary N) is 2. The normalized spacial score (nSPS) is 16.0. The van der Waals surface area contributed by atoms with Crippen molar-refractivity contribution in [3.05, 3.63) is 18.3 Å². The van der Waals surface area contributed by atoms with E-state index in [1.54, 1.807) is 18.3 Å². The molecule has 2 rings (SSSR count). The Morgan fingerprint density at radius 1 is 1.47 bits per heavy atom. The van der Waals surface area contributed by atoms with Crippen LogP contribution in [0.25, 0.3) is 0 Å². The molecule has 1 aliphatic heterocycles. The molecule has 1 aliphatic rings. The van der Waals surface area contributed by atoms with Gasteiger partial charge in [0.1, 0.15) is 0 Å². The first-order valence-electron chi connectivity index (χ1n) is 6.24. The molecule has 104 valence electrons. The second-order valence-electron chi connectivity index (χ2n) is 4.21. The second kappa shape index (κ2) is 7.22. The van der Waals surface area contributed by atoms with E-state index in [1.165, 1.54) is 0 Å². The number of pyridine rings is 1. The molecule has 0 radical (unpaired) electrons. The van der Waals surface area contributed by atoms with Crippen LogP contribution in [0, 0.1) is 0 Å². The molecule has 0 aliphatic carbocycles. The quantitative estimate of drug-likeness (QED) is 0.691. The monoisotopic (exact) mass is 282 g/mol. The van der Waals surface area contributed by atoms with Crippen molar-refractivity contribution in [2.75, 3.05) is 44.7 Å². The summed E-state index contributed by atoms with van der Waals surface area (Å²) in [5.41, 5.74) is 0. The van der Waals surface area contributed by atoms with Crippen molar-refractivity contribution in [1.29, 1.82) is 0 Å². The molecule has 1 aromatic rings. The van der Waals surface area contributed by atoms with E-state index < -0.39 is 0 Å². The zero-order chi connectivity index (χ0) is 13.5. The van der Waals surface area contributed by atoms with E-state index >= 15 is 0 Å². The Bertz CT molecular complexity index is 424. The molecule has 3 N–H and O–H groups in total. The SMILES string of the molecule is Oc1cccnc1NC(=S)NCCN1CCOCC1. The molecule has 1 aromatic heterocycles. The summed E-state index contributed by atoms with van der Waals surface area (Å²) < 4.78 is 5.28. The average Bonchev–Trinajstić information content (AvgIpc) is 2.43. The van der Waals surface area contributed by atoms with Crippen molar-refractivity contribution in [2.45, 2.75) is 0 Å². The second-order valence-corrected chi connectivity index (χ2v) is 4.61. The highest BCUT2D eigenvalue weighted by atomic mass is 32.1. The van der Waals surface area contributed by atoms with Crippen LogP contribution in [0.5, 0.6) is 5.75 Å². The number of nitrogens with zero attached hydrogens (tertiary/aromatic N) is 2. The van der Waals surface area contributed by atoms with Crippen LogP contribution in [0.4, 0.5) is 5.82 Å². The highest BCUT2D eigenvalue weighted by Gasteiger charge is 2.09. The topological polar surface area (TPSA) is 69.7 Å². The van der Waals surface area contributed by atoms with Gasteiger partial charge in [0, 0.05) is 32.4 Å². The molecule has 7 heteroatoms. The Balaban J connectivity index is 1.68. The summed E-state index contributed by atoms with van der Waals surface area (Å²) in [4.78, 5) is 6.32. The van der Waals surface area contributed by atoms with Gasteiger partial charge < -0.3 is 20.5 Å². The van der Waals surface area contributed by atoms with Gasteiger partial charge in [-0.15, -0.1) is 0 Å². The highest BCUT2D eigenvalue weighted by Crippen LogP contribution is 2.17. The Hall–Kier alpha value is -1.44. The van der Waals surface area contributed by atoms with Crippen molar-refractivity contribution < 1.29 is 9.84 Å². The molecule has 1 fully saturated rings. The summed E-state index contributed by atoms with van der Waals surface area (Å²) in [7, 11) is 0. The third kappa shape index (κ3) is 4.62. The maximum Gasteiger partial charge on any atom is 0.174 e. The van der Waals surface area contributed by atoms with Gasteiger partial charge in [0.15, 0.2) is 16.7 Å². The van der Waals surface area contributed by atoms with E-state index in [-0.39, 0.29) is 5.75 Å². The van der Waals surface area contributed by atoms with Crippen LogP contribution >= 0.6 is 12.2 Å². The minimum atomic E-state index is 0.0832. The number of anilines is 1. The number of morpholine rings is 1. The summed E-state index contributed by atoms with van der Waals surface area (Å²) in [6.07, 6.45) is 1.60. The molecule has 6 nitrogen and oxygen atoms in total. The number of rotatable bonds is 4. The molecule has 0 saturated carbocycles. The van der Waals surface area contributed by atoms with Gasteiger partial charge in [-0.3, -0.25) is 4.90 Å². The standard InChI is InChI=1S/C12H18N4O2S/c17-10-2-1-3-13-11(10)15-12(19)14-4-5-16-6-8-18-9-7-16/h1-3,17H,4-9H2,(H2,13,14,15,19). The Kier molecular flexibility index (Phi) is 5.31. The van der Waals surface area contributed by atoms with Crippen molar-refractivity contribution in [3.8, 4) is 5.75 Å². The predicted octanol–water partition coefficient (Wildman–Crippen LogP) is 0.406. The van der Waals surface area contributed by atoms with Crippen LogP contribution in [-0.2, 0) is 4.74 Å². The summed E-state index contributed by atoms with van der Waals surface area (Å²) in [6.45, 7) is 5.18. The largest absolute Gasteiger partial charge is 0.504 e. The minimum Gasteiger partial charge on any atom is -0.504 e. The lowest BCUT2D eigenvalue weighted by atomic mass is 10.4. The van der Waals surface area contributed by atoms with E-state index in [1.807, 2.05) is 0 Å². The average molecular weight is 282 g/mol. The maximum atomic E-state index is 9.55. The van der Waals surface area contributed by atoms with Crippen molar-refractivity contribution >= 4 is 23.1 Å². The van der Waals surface area contributed by atoms with Crippen molar-refractivity contribution in [1.82, 2.24) is 15.2 Å². The van der Waals surface area contributed by atoms with E-state index in [4.69, 9.17) is 17.0 Å². The minimum absolute atomic E-state index is 0.0832. The lowest BCUT2D eigenvalue weighted by Crippen LogP contribution is -2.42. The zero-order valence-corrected chi connectivity index (χ0v) is 11.4. The highest BCUT2D eigenvalue weighted by molar-refractivity contribution is 7.80. The molecule has 0 amide bonds. The van der Waals surface area contributed by atoms with Gasteiger partial charge in [-0.05, 0) is 24.4 Å². The third-order valence-electron chi connectivity index (χ3n) is 2.84. The number of hydrogen-bond acceptors (Lipinski definition) is 5. The van der Waals surface area contributed by atoms with E-state index in [0.717, 1.165) is 39.4 Å². The van der Waals surface area contributed by atoms with Crippen LogP contribution < -0.4 is 10.6 Å². The molecule has 0 bridgehead atoms. The lowest BCUT2D eigenvalue weighted by Gasteiger charge is -2.26. The van der Waals surface area contributed by atoms with Gasteiger partial charge in [-0.1, -0.05) is 0 Å². The van der Waals surface area contributed by atoms with Crippen LogP contribution in [0.15, 0.2) is 18.3 Å². The Morgan fingerprint density at radius 3 is 3.00 bits per heavy atom. The molecule has 19 heavy (non-hydrogen) atoms. The van der Waals surface area contributed by atoms with Crippen LogP contribution in [0.3, 0.4) is 0 Å². The van der Waals surface area contributed by atoms with Gasteiger partial charge in [0.2, 0.25) is 0 Å². The first-order valence-corrected chi connectivity index (χ1v) is 6.65. The van der Waals surface area contributed by atoms with Gasteiger partial charge in [-0.25, -0.2) is 4.98 Å². The van der Waals surface area contributed by atoms with E-state index in [0.29, 0.717) is 10.9 Å². The van der Waals surface area contributed by atoms with E-state index in [9.17, 15) is 5.11 Å². The molecule has 2 heterocycles. The molecule has 1 saturated heterocycles. The fourth-order valence-electron chi connectivity index (χ4n) is 1.80. The molecular formula is C12H18N4O2S. The van der Waals surface area contributed by atoms with Gasteiger partial charge in [0.05, 0.1) is 13.2 Å². The van der Waals surface area contributed by atoms with Crippen LogP contribution in [0.2, 0.25) is 0 Å². The summed E-state index contributed by atoms with van der Waals surface area (Å²) in [5, 5.41) is 16.0. The number of hydrogen-bond donors (Lipinski definition) is 3. The molecular weight excluding hydrogens is 264 g/mol. The maximum absolute atomic E-state index is 9.55. The molecule has 0 atom stereocenters. The molecule has 0 aromatic carbocycles. The Labute approximate surface area is 117 Å². The Morgan fingerprint density at radius 2 is 2.26 bits per heavy atom. The fraction of sp³-hybridized carbons (Fsp3) is 0.500. The fourth-order valence-corrected chi connectivity index (χ4v) is 2.00. The number of aromatic nitrogens is 1. The lowest BCUT2D eigenvalue weighted by molar-refractivity contribution is 0.0389. The van der Waals surface area contributed by atoms with Gasteiger partial charge in [-0.2, -0.15) is 0 Å². The first-order chi connectivity index (χ1) is 9.25. The van der Waals surface area contributed by atoms with Crippen LogP contribution in [-0.4, -0.2) is 59.5 Å².